The van der Waals surface area contributed by atoms with Crippen LogP contribution in [0.25, 0.3) is 0 Å². The van der Waals surface area contributed by atoms with Gasteiger partial charge in [0.1, 0.15) is 11.5 Å². The number of nitrogens with zero attached hydrogens (tertiary/aromatic N) is 1. The van der Waals surface area contributed by atoms with Gasteiger partial charge in [-0.3, -0.25) is 9.59 Å². The second kappa shape index (κ2) is 11.5. The molecule has 0 saturated heterocycles. The first-order valence-electron chi connectivity index (χ1n) is 11.6. The number of benzene rings is 2. The Bertz CT molecular complexity index is 1490. The van der Waals surface area contributed by atoms with Gasteiger partial charge in [-0.2, -0.15) is 18.4 Å². The normalized spacial score (nSPS) is 15.4. The van der Waals surface area contributed by atoms with Crippen LogP contribution in [-0.2, 0) is 11.0 Å². The van der Waals surface area contributed by atoms with Crippen molar-refractivity contribution in [3.63, 3.8) is 0 Å². The van der Waals surface area contributed by atoms with Crippen molar-refractivity contribution < 1.29 is 31.9 Å². The molecule has 2 aromatic carbocycles. The number of allylic oxidation sites excluding steroid dienone is 2. The van der Waals surface area contributed by atoms with Crippen LogP contribution < -0.4 is 15.4 Å². The lowest BCUT2D eigenvalue weighted by molar-refractivity contribution is -0.137. The third-order valence-electron chi connectivity index (χ3n) is 5.93. The molecule has 0 saturated carbocycles. The molecule has 39 heavy (non-hydrogen) atoms. The van der Waals surface area contributed by atoms with E-state index in [0.29, 0.717) is 27.8 Å². The molecule has 0 unspecified atom stereocenters. The fourth-order valence-electron chi connectivity index (χ4n) is 4.04. The standard InChI is InChI=1S/C28H22F3N3O4S/c1-16-24(26(36)34-19-6-3-5-18(13-19)28(29,30)31)25(23-7-4-12-38-23)21(14-32)27(33-16)39-15-22(35)17-8-10-20(37-2)11-9-17/h3-13,25,33H,15H2,1-2H3,(H,34,36)/t25-/m0/s1. The molecule has 1 amide bonds. The number of methoxy groups -OCH3 is 1. The van der Waals surface area contributed by atoms with E-state index < -0.39 is 23.6 Å². The number of rotatable bonds is 8. The maximum absolute atomic E-state index is 13.4. The molecule has 0 aliphatic carbocycles. The minimum atomic E-state index is -4.58. The van der Waals surface area contributed by atoms with Gasteiger partial charge >= 0.3 is 6.18 Å². The summed E-state index contributed by atoms with van der Waals surface area (Å²) >= 11 is 1.10. The molecule has 0 radical (unpaired) electrons. The van der Waals surface area contributed by atoms with Crippen molar-refractivity contribution in [2.24, 2.45) is 0 Å². The van der Waals surface area contributed by atoms with Crippen molar-refractivity contribution in [3.05, 3.63) is 106 Å². The summed E-state index contributed by atoms with van der Waals surface area (Å²) < 4.78 is 50.2. The van der Waals surface area contributed by atoms with Crippen LogP contribution >= 0.6 is 11.8 Å². The van der Waals surface area contributed by atoms with Crippen LogP contribution in [-0.4, -0.2) is 24.6 Å². The number of furan rings is 1. The number of alkyl halides is 3. The van der Waals surface area contributed by atoms with Crippen molar-refractivity contribution in [1.82, 2.24) is 5.32 Å². The summed E-state index contributed by atoms with van der Waals surface area (Å²) in [5.74, 6) is -0.924. The number of halogens is 3. The molecule has 0 bridgehead atoms. The SMILES string of the molecule is COc1ccc(C(=O)CSC2=C(C#N)[C@@H](c3ccco3)C(C(=O)Nc3cccc(C(F)(F)F)c3)=C(C)N2)cc1. The van der Waals surface area contributed by atoms with Gasteiger partial charge in [0.05, 0.1) is 52.9 Å². The van der Waals surface area contributed by atoms with Gasteiger partial charge in [-0.05, 0) is 61.5 Å². The number of ketones is 1. The van der Waals surface area contributed by atoms with Gasteiger partial charge in [0.25, 0.3) is 5.91 Å². The van der Waals surface area contributed by atoms with Crippen molar-refractivity contribution >= 4 is 29.1 Å². The maximum atomic E-state index is 13.4. The molecule has 1 aromatic heterocycles. The van der Waals surface area contributed by atoms with Crippen LogP contribution in [0.1, 0.15) is 34.5 Å². The van der Waals surface area contributed by atoms with E-state index in [-0.39, 0.29) is 28.4 Å². The van der Waals surface area contributed by atoms with E-state index in [2.05, 4.69) is 16.7 Å². The Kier molecular flexibility index (Phi) is 8.16. The number of hydrogen-bond donors (Lipinski definition) is 2. The molecular weight excluding hydrogens is 531 g/mol. The molecule has 1 atom stereocenters. The van der Waals surface area contributed by atoms with Gasteiger partial charge in [-0.15, -0.1) is 0 Å². The zero-order valence-electron chi connectivity index (χ0n) is 20.8. The summed E-state index contributed by atoms with van der Waals surface area (Å²) in [6.07, 6.45) is -3.19. The third-order valence-corrected chi connectivity index (χ3v) is 6.94. The lowest BCUT2D eigenvalue weighted by atomic mass is 9.85. The van der Waals surface area contributed by atoms with Gasteiger partial charge in [0, 0.05) is 16.9 Å². The molecule has 2 heterocycles. The van der Waals surface area contributed by atoms with E-state index in [1.54, 1.807) is 43.3 Å². The highest BCUT2D eigenvalue weighted by Crippen LogP contribution is 2.41. The summed E-state index contributed by atoms with van der Waals surface area (Å²) in [5.41, 5.74) is 0.102. The number of hydrogen-bond acceptors (Lipinski definition) is 7. The summed E-state index contributed by atoms with van der Waals surface area (Å²) in [6, 6.07) is 16.2. The predicted molar refractivity (Wildman–Crippen MR) is 140 cm³/mol. The predicted octanol–water partition coefficient (Wildman–Crippen LogP) is 6.26. The molecule has 1 aliphatic heterocycles. The van der Waals surface area contributed by atoms with E-state index in [0.717, 1.165) is 23.9 Å². The number of dihydropyridines is 1. The van der Waals surface area contributed by atoms with Crippen LogP contribution in [0.4, 0.5) is 18.9 Å². The van der Waals surface area contributed by atoms with Crippen LogP contribution in [0.5, 0.6) is 5.75 Å². The Morgan fingerprint density at radius 1 is 1.15 bits per heavy atom. The van der Waals surface area contributed by atoms with Gasteiger partial charge in [0.15, 0.2) is 5.78 Å². The van der Waals surface area contributed by atoms with Crippen LogP contribution in [0.3, 0.4) is 0 Å². The maximum Gasteiger partial charge on any atom is 0.416 e. The summed E-state index contributed by atoms with van der Waals surface area (Å²) in [7, 11) is 1.52. The lowest BCUT2D eigenvalue weighted by Gasteiger charge is -2.28. The molecule has 4 rings (SSSR count). The number of amides is 1. The number of carbonyl (C=O) groups excluding carboxylic acids is 2. The first-order valence-corrected chi connectivity index (χ1v) is 12.5. The molecule has 7 nitrogen and oxygen atoms in total. The average molecular weight is 554 g/mol. The lowest BCUT2D eigenvalue weighted by Crippen LogP contribution is -2.30. The highest BCUT2D eigenvalue weighted by molar-refractivity contribution is 8.03. The molecule has 200 valence electrons. The third kappa shape index (κ3) is 6.18. The van der Waals surface area contributed by atoms with E-state index in [1.807, 2.05) is 0 Å². The Labute approximate surface area is 226 Å². The Morgan fingerprint density at radius 3 is 2.51 bits per heavy atom. The fraction of sp³-hybridized carbons (Fsp3) is 0.179. The molecule has 3 aromatic rings. The number of ether oxygens (including phenoxy) is 1. The van der Waals surface area contributed by atoms with E-state index in [4.69, 9.17) is 9.15 Å². The minimum Gasteiger partial charge on any atom is -0.497 e. The van der Waals surface area contributed by atoms with Gasteiger partial charge < -0.3 is 19.8 Å². The van der Waals surface area contributed by atoms with Gasteiger partial charge in [0.2, 0.25) is 0 Å². The highest BCUT2D eigenvalue weighted by Gasteiger charge is 2.37. The molecular formula is C28H22F3N3O4S. The first kappa shape index (κ1) is 27.6. The summed E-state index contributed by atoms with van der Waals surface area (Å²) in [6.45, 7) is 1.61. The van der Waals surface area contributed by atoms with Gasteiger partial charge in [-0.1, -0.05) is 17.8 Å². The number of carbonyl (C=O) groups is 2. The van der Waals surface area contributed by atoms with Crippen molar-refractivity contribution in [3.8, 4) is 11.8 Å². The molecule has 11 heteroatoms. The van der Waals surface area contributed by atoms with E-state index >= 15 is 0 Å². The molecule has 0 fully saturated rings. The Hall–Kier alpha value is -4.43. The minimum absolute atomic E-state index is 0.00373. The first-order chi connectivity index (χ1) is 18.6. The second-order valence-electron chi connectivity index (χ2n) is 8.44. The number of anilines is 1. The van der Waals surface area contributed by atoms with Crippen molar-refractivity contribution in [2.75, 3.05) is 18.2 Å². The summed E-state index contributed by atoms with van der Waals surface area (Å²) in [4.78, 5) is 26.2. The smallest absolute Gasteiger partial charge is 0.416 e. The van der Waals surface area contributed by atoms with Crippen LogP contribution in [0.2, 0.25) is 0 Å². The molecule has 2 N–H and O–H groups in total. The molecule has 0 spiro atoms. The Balaban J connectivity index is 1.61. The van der Waals surface area contributed by atoms with Crippen LogP contribution in [0.15, 0.2) is 93.2 Å². The van der Waals surface area contributed by atoms with E-state index in [1.165, 1.54) is 25.5 Å². The number of nitrogens with one attached hydrogen (secondary N) is 2. The van der Waals surface area contributed by atoms with Gasteiger partial charge in [-0.25, -0.2) is 0 Å². The zero-order valence-corrected chi connectivity index (χ0v) is 21.6. The average Bonchev–Trinajstić information content (AvgIpc) is 3.45. The molecule has 1 aliphatic rings. The van der Waals surface area contributed by atoms with Crippen molar-refractivity contribution in [1.29, 1.82) is 5.26 Å². The topological polar surface area (TPSA) is 104 Å². The quantitative estimate of drug-likeness (QED) is 0.318. The van der Waals surface area contributed by atoms with Crippen LogP contribution in [0, 0.1) is 11.3 Å². The monoisotopic (exact) mass is 553 g/mol. The zero-order chi connectivity index (χ0) is 28.2. The number of thioether (sulfide) groups is 1. The summed E-state index contributed by atoms with van der Waals surface area (Å²) in [5, 5.41) is 16.0. The van der Waals surface area contributed by atoms with Crippen molar-refractivity contribution in [2.45, 2.75) is 19.0 Å². The highest BCUT2D eigenvalue weighted by atomic mass is 32.2. The number of nitriles is 1. The largest absolute Gasteiger partial charge is 0.497 e. The Morgan fingerprint density at radius 2 is 1.90 bits per heavy atom. The second-order valence-corrected chi connectivity index (χ2v) is 9.43. The fourth-order valence-corrected chi connectivity index (χ4v) is 5.02. The van der Waals surface area contributed by atoms with E-state index in [9.17, 15) is 28.0 Å². The number of Topliss-reactive ketones (excluding diaryl/α,β-unsaturated/α-hetero) is 1.